The van der Waals surface area contributed by atoms with Crippen LogP contribution in [0.5, 0.6) is 0 Å². The van der Waals surface area contributed by atoms with Crippen LogP contribution in [0, 0.1) is 0 Å². The van der Waals surface area contributed by atoms with Crippen molar-refractivity contribution in [2.45, 2.75) is 31.8 Å². The largest absolute Gasteiger partial charge is 0.339 e. The molecule has 0 bridgehead atoms. The van der Waals surface area contributed by atoms with Crippen LogP contribution in [-0.4, -0.2) is 54.5 Å². The first-order valence-corrected chi connectivity index (χ1v) is 8.90. The fraction of sp³-hybridized carbons (Fsp3) is 0.667. The monoisotopic (exact) mass is 399 g/mol. The Bertz CT molecular complexity index is 486. The van der Waals surface area contributed by atoms with Gasteiger partial charge in [0.15, 0.2) is 0 Å². The molecule has 4 nitrogen and oxygen atoms in total. The van der Waals surface area contributed by atoms with Crippen molar-refractivity contribution in [3.05, 3.63) is 21.3 Å². The smallest absolute Gasteiger partial charge is 0.239 e. The molecule has 3 heterocycles. The molecule has 1 aromatic rings. The molecule has 8 heteroatoms. The lowest BCUT2D eigenvalue weighted by atomic mass is 10.0. The molecule has 2 saturated heterocycles. The number of carbonyl (C=O) groups excluding carboxylic acids is 1. The fourth-order valence-electron chi connectivity index (χ4n) is 3.07. The summed E-state index contributed by atoms with van der Waals surface area (Å²) in [5.41, 5.74) is 0. The number of amides is 1. The number of piperazine rings is 1. The SMILES string of the molecule is Cl.Cl.O=C([C@@H]1CCCCN1)N1CCN(Cc2ccc(Cl)s2)CC1. The van der Waals surface area contributed by atoms with Gasteiger partial charge in [-0.1, -0.05) is 18.0 Å². The maximum absolute atomic E-state index is 12.5. The standard InChI is InChI=1S/C15H22ClN3OS.2ClH/c16-14-5-4-12(21-14)11-18-7-9-19(10-8-18)15(20)13-3-1-2-6-17-13;;/h4-5,13,17H,1-3,6-11H2;2*1H/t13-;;/m0../s1. The van der Waals surface area contributed by atoms with E-state index in [9.17, 15) is 4.79 Å². The minimum atomic E-state index is 0. The normalized spacial score (nSPS) is 22.1. The second-order valence-electron chi connectivity index (χ2n) is 5.81. The average Bonchev–Trinajstić information content (AvgIpc) is 2.93. The summed E-state index contributed by atoms with van der Waals surface area (Å²) in [6.45, 7) is 5.52. The Morgan fingerprint density at radius 1 is 1.22 bits per heavy atom. The summed E-state index contributed by atoms with van der Waals surface area (Å²) in [6.07, 6.45) is 3.36. The molecule has 0 unspecified atom stereocenters. The van der Waals surface area contributed by atoms with E-state index in [0.29, 0.717) is 5.91 Å². The highest BCUT2D eigenvalue weighted by molar-refractivity contribution is 7.16. The zero-order chi connectivity index (χ0) is 14.7. The summed E-state index contributed by atoms with van der Waals surface area (Å²) in [6, 6.07) is 4.11. The van der Waals surface area contributed by atoms with E-state index in [2.05, 4.69) is 16.3 Å². The maximum Gasteiger partial charge on any atom is 0.239 e. The van der Waals surface area contributed by atoms with E-state index in [4.69, 9.17) is 11.6 Å². The number of rotatable bonds is 3. The van der Waals surface area contributed by atoms with Gasteiger partial charge in [0.2, 0.25) is 5.91 Å². The molecule has 1 amide bonds. The summed E-state index contributed by atoms with van der Waals surface area (Å²) in [5.74, 6) is 0.300. The molecule has 1 N–H and O–H groups in total. The molecular formula is C15H24Cl3N3OS. The third-order valence-electron chi connectivity index (χ3n) is 4.30. The molecule has 2 aliphatic rings. The van der Waals surface area contributed by atoms with Crippen LogP contribution in [0.2, 0.25) is 4.34 Å². The summed E-state index contributed by atoms with van der Waals surface area (Å²) >= 11 is 7.61. The van der Waals surface area contributed by atoms with Gasteiger partial charge < -0.3 is 10.2 Å². The minimum Gasteiger partial charge on any atom is -0.339 e. The van der Waals surface area contributed by atoms with E-state index >= 15 is 0 Å². The van der Waals surface area contributed by atoms with Crippen LogP contribution in [0.15, 0.2) is 12.1 Å². The van der Waals surface area contributed by atoms with Crippen molar-refractivity contribution in [2.24, 2.45) is 0 Å². The van der Waals surface area contributed by atoms with Gasteiger partial charge in [0.1, 0.15) is 0 Å². The van der Waals surface area contributed by atoms with Gasteiger partial charge in [-0.25, -0.2) is 0 Å². The van der Waals surface area contributed by atoms with Crippen LogP contribution in [0.4, 0.5) is 0 Å². The van der Waals surface area contributed by atoms with Crippen LogP contribution in [0.1, 0.15) is 24.1 Å². The topological polar surface area (TPSA) is 35.6 Å². The zero-order valence-electron chi connectivity index (χ0n) is 13.0. The van der Waals surface area contributed by atoms with Crippen LogP contribution >= 0.6 is 47.8 Å². The van der Waals surface area contributed by atoms with E-state index in [1.54, 1.807) is 11.3 Å². The van der Waals surface area contributed by atoms with Crippen molar-refractivity contribution in [2.75, 3.05) is 32.7 Å². The molecule has 0 saturated carbocycles. The van der Waals surface area contributed by atoms with Gasteiger partial charge >= 0.3 is 0 Å². The molecule has 2 fully saturated rings. The Hall–Kier alpha value is -0.0400. The molecule has 0 spiro atoms. The van der Waals surface area contributed by atoms with E-state index in [-0.39, 0.29) is 30.9 Å². The second kappa shape index (κ2) is 10.1. The van der Waals surface area contributed by atoms with Crippen molar-refractivity contribution in [3.63, 3.8) is 0 Å². The Labute approximate surface area is 159 Å². The lowest BCUT2D eigenvalue weighted by Gasteiger charge is -2.37. The number of nitrogens with one attached hydrogen (secondary N) is 1. The van der Waals surface area contributed by atoms with Gasteiger partial charge in [0.05, 0.1) is 10.4 Å². The van der Waals surface area contributed by atoms with E-state index < -0.39 is 0 Å². The summed E-state index contributed by atoms with van der Waals surface area (Å²) < 4.78 is 0.849. The molecule has 1 atom stereocenters. The summed E-state index contributed by atoms with van der Waals surface area (Å²) in [5, 5.41) is 3.35. The Morgan fingerprint density at radius 2 is 1.96 bits per heavy atom. The zero-order valence-corrected chi connectivity index (χ0v) is 16.2. The molecule has 3 rings (SSSR count). The summed E-state index contributed by atoms with van der Waals surface area (Å²) in [4.78, 5) is 18.2. The Kier molecular flexibility index (Phi) is 9.19. The molecule has 23 heavy (non-hydrogen) atoms. The van der Waals surface area contributed by atoms with Crippen molar-refractivity contribution < 1.29 is 4.79 Å². The van der Waals surface area contributed by atoms with Crippen LogP contribution in [0.3, 0.4) is 0 Å². The van der Waals surface area contributed by atoms with E-state index in [0.717, 1.165) is 50.0 Å². The van der Waals surface area contributed by atoms with Gasteiger partial charge in [0.25, 0.3) is 0 Å². The predicted octanol–water partition coefficient (Wildman–Crippen LogP) is 3.03. The molecule has 0 radical (unpaired) electrons. The van der Waals surface area contributed by atoms with Crippen LogP contribution < -0.4 is 5.32 Å². The maximum atomic E-state index is 12.5. The molecule has 0 aliphatic carbocycles. The number of thiophene rings is 1. The average molecular weight is 401 g/mol. The van der Waals surface area contributed by atoms with Gasteiger partial charge in [-0.05, 0) is 31.5 Å². The fourth-order valence-corrected chi connectivity index (χ4v) is 4.20. The second-order valence-corrected chi connectivity index (χ2v) is 7.61. The molecular weight excluding hydrogens is 377 g/mol. The first kappa shape index (κ1) is 21.0. The van der Waals surface area contributed by atoms with Crippen LogP contribution in [0.25, 0.3) is 0 Å². The first-order valence-electron chi connectivity index (χ1n) is 7.71. The van der Waals surface area contributed by atoms with Gasteiger partial charge in [-0.15, -0.1) is 36.2 Å². The van der Waals surface area contributed by atoms with Gasteiger partial charge in [-0.2, -0.15) is 0 Å². The minimum absolute atomic E-state index is 0. The van der Waals surface area contributed by atoms with E-state index in [1.165, 1.54) is 17.7 Å². The molecule has 132 valence electrons. The summed E-state index contributed by atoms with van der Waals surface area (Å²) in [7, 11) is 0. The highest BCUT2D eigenvalue weighted by atomic mass is 35.5. The number of hydrogen-bond acceptors (Lipinski definition) is 4. The third-order valence-corrected chi connectivity index (χ3v) is 5.52. The van der Waals surface area contributed by atoms with Crippen molar-refractivity contribution in [3.8, 4) is 0 Å². The number of hydrogen-bond donors (Lipinski definition) is 1. The molecule has 1 aromatic heterocycles. The predicted molar refractivity (Wildman–Crippen MR) is 101 cm³/mol. The van der Waals surface area contributed by atoms with Crippen LogP contribution in [-0.2, 0) is 11.3 Å². The highest BCUT2D eigenvalue weighted by Gasteiger charge is 2.28. The number of carbonyl (C=O) groups is 1. The lowest BCUT2D eigenvalue weighted by Crippen LogP contribution is -2.54. The first-order chi connectivity index (χ1) is 10.2. The van der Waals surface area contributed by atoms with Gasteiger partial charge in [0, 0.05) is 37.6 Å². The highest BCUT2D eigenvalue weighted by Crippen LogP contribution is 2.23. The third kappa shape index (κ3) is 5.76. The Balaban J connectivity index is 0.00000132. The van der Waals surface area contributed by atoms with Gasteiger partial charge in [-0.3, -0.25) is 9.69 Å². The van der Waals surface area contributed by atoms with Crippen molar-refractivity contribution in [1.82, 2.24) is 15.1 Å². The molecule has 0 aromatic carbocycles. The van der Waals surface area contributed by atoms with Crippen molar-refractivity contribution >= 4 is 53.7 Å². The molecule has 2 aliphatic heterocycles. The lowest BCUT2D eigenvalue weighted by molar-refractivity contribution is -0.135. The van der Waals surface area contributed by atoms with E-state index in [1.807, 2.05) is 11.0 Å². The number of piperidine rings is 1. The quantitative estimate of drug-likeness (QED) is 0.847. The number of halogens is 3. The Morgan fingerprint density at radius 3 is 2.52 bits per heavy atom. The van der Waals surface area contributed by atoms with Crippen molar-refractivity contribution in [1.29, 1.82) is 0 Å². The number of nitrogens with zero attached hydrogens (tertiary/aromatic N) is 2.